The molecule has 1 aliphatic heterocycles. The van der Waals surface area contributed by atoms with Crippen LogP contribution in [0.25, 0.3) is 11.2 Å². The molecule has 4 rings (SSSR count). The zero-order valence-electron chi connectivity index (χ0n) is 19.0. The van der Waals surface area contributed by atoms with Crippen molar-refractivity contribution in [3.8, 4) is 0 Å². The van der Waals surface area contributed by atoms with E-state index in [1.807, 2.05) is 17.0 Å². The lowest BCUT2D eigenvalue weighted by Gasteiger charge is -2.35. The highest BCUT2D eigenvalue weighted by molar-refractivity contribution is 5.74. The van der Waals surface area contributed by atoms with Crippen molar-refractivity contribution in [1.29, 1.82) is 0 Å². The van der Waals surface area contributed by atoms with Crippen LogP contribution in [0.1, 0.15) is 33.1 Å². The zero-order valence-corrected chi connectivity index (χ0v) is 19.0. The number of unbranched alkanes of at least 4 members (excludes halogenated alkanes) is 2. The van der Waals surface area contributed by atoms with Gasteiger partial charge in [0.2, 0.25) is 11.9 Å². The van der Waals surface area contributed by atoms with Crippen LogP contribution in [0.2, 0.25) is 0 Å². The number of hydrogen-bond acceptors (Lipinski definition) is 6. The molecule has 3 heterocycles. The first-order chi connectivity index (χ1) is 15.5. The predicted octanol–water partition coefficient (Wildman–Crippen LogP) is 2.73. The highest BCUT2D eigenvalue weighted by Crippen LogP contribution is 2.22. The highest BCUT2D eigenvalue weighted by atomic mass is 16.2. The van der Waals surface area contributed by atoms with Gasteiger partial charge in [0, 0.05) is 58.1 Å². The molecule has 170 valence electrons. The fourth-order valence-corrected chi connectivity index (χ4v) is 4.12. The van der Waals surface area contributed by atoms with E-state index in [0.717, 1.165) is 62.3 Å². The first kappa shape index (κ1) is 21.9. The van der Waals surface area contributed by atoms with E-state index < -0.39 is 0 Å². The third kappa shape index (κ3) is 4.46. The second-order valence-corrected chi connectivity index (χ2v) is 8.27. The monoisotopic (exact) mass is 437 g/mol. The molecule has 9 heteroatoms. The summed E-state index contributed by atoms with van der Waals surface area (Å²) < 4.78 is 3.34. The molecule has 0 radical (unpaired) electrons. The van der Waals surface area contributed by atoms with Crippen LogP contribution in [-0.4, -0.2) is 56.1 Å². The van der Waals surface area contributed by atoms with E-state index in [0.29, 0.717) is 18.1 Å². The number of amides is 1. The van der Waals surface area contributed by atoms with Gasteiger partial charge in [0.15, 0.2) is 5.65 Å². The molecule has 1 saturated heterocycles. The Hall–Kier alpha value is -3.36. The Balaban J connectivity index is 1.48. The molecule has 32 heavy (non-hydrogen) atoms. The van der Waals surface area contributed by atoms with Crippen molar-refractivity contribution < 1.29 is 4.79 Å². The van der Waals surface area contributed by atoms with E-state index in [1.165, 1.54) is 0 Å². The highest BCUT2D eigenvalue weighted by Gasteiger charge is 2.19. The fraction of sp³-hybridized carbons (Fsp3) is 0.478. The summed E-state index contributed by atoms with van der Waals surface area (Å²) >= 11 is 0. The van der Waals surface area contributed by atoms with Gasteiger partial charge in [0.05, 0.1) is 6.20 Å². The van der Waals surface area contributed by atoms with E-state index in [4.69, 9.17) is 0 Å². The first-order valence-corrected chi connectivity index (χ1v) is 11.3. The first-order valence-electron chi connectivity index (χ1n) is 11.3. The van der Waals surface area contributed by atoms with Crippen molar-refractivity contribution >= 4 is 34.4 Å². The lowest BCUT2D eigenvalue weighted by molar-refractivity contribution is -0.129. The summed E-state index contributed by atoms with van der Waals surface area (Å²) in [6.07, 6.45) is 4.83. The molecule has 1 aromatic carbocycles. The molecule has 1 amide bonds. The van der Waals surface area contributed by atoms with Crippen molar-refractivity contribution in [2.45, 2.75) is 39.7 Å². The molecule has 2 aromatic heterocycles. The number of fused-ring (bicyclic) bond motifs is 1. The Morgan fingerprint density at radius 2 is 1.81 bits per heavy atom. The number of piperazine rings is 1. The summed E-state index contributed by atoms with van der Waals surface area (Å²) in [5.74, 6) is 0.602. The summed E-state index contributed by atoms with van der Waals surface area (Å²) in [6, 6.07) is 8.13. The summed E-state index contributed by atoms with van der Waals surface area (Å²) in [6.45, 7) is 7.58. The number of imidazole rings is 1. The van der Waals surface area contributed by atoms with Crippen LogP contribution in [0.5, 0.6) is 0 Å². The fourth-order valence-electron chi connectivity index (χ4n) is 4.12. The molecule has 3 aromatic rings. The Morgan fingerprint density at radius 1 is 1.09 bits per heavy atom. The topological polar surface area (TPSA) is 88.3 Å². The van der Waals surface area contributed by atoms with Gasteiger partial charge in [-0.05, 0) is 30.7 Å². The molecule has 0 bridgehead atoms. The third-order valence-corrected chi connectivity index (χ3v) is 6.08. The number of carbonyl (C=O) groups excluding carboxylic acids is 1. The number of carbonyl (C=O) groups is 1. The van der Waals surface area contributed by atoms with Crippen LogP contribution in [0.15, 0.2) is 35.3 Å². The second kappa shape index (κ2) is 9.42. The van der Waals surface area contributed by atoms with Crippen LogP contribution >= 0.6 is 0 Å². The molecule has 1 N–H and O–H groups in total. The minimum absolute atomic E-state index is 0.0585. The van der Waals surface area contributed by atoms with Crippen molar-refractivity contribution in [3.63, 3.8) is 0 Å². The van der Waals surface area contributed by atoms with E-state index in [2.05, 4.69) is 39.2 Å². The maximum absolute atomic E-state index is 12.6. The molecule has 0 saturated carbocycles. The van der Waals surface area contributed by atoms with Gasteiger partial charge in [0.25, 0.3) is 0 Å². The molecule has 0 spiro atoms. The van der Waals surface area contributed by atoms with Gasteiger partial charge in [-0.3, -0.25) is 13.9 Å². The maximum Gasteiger partial charge on any atom is 0.330 e. The second-order valence-electron chi connectivity index (χ2n) is 8.27. The summed E-state index contributed by atoms with van der Waals surface area (Å²) in [7, 11) is 1.76. The molecule has 1 fully saturated rings. The van der Waals surface area contributed by atoms with E-state index in [1.54, 1.807) is 29.3 Å². The summed E-state index contributed by atoms with van der Waals surface area (Å²) in [5, 5.41) is 3.25. The lowest BCUT2D eigenvalue weighted by Crippen LogP contribution is -2.48. The smallest absolute Gasteiger partial charge is 0.330 e. The van der Waals surface area contributed by atoms with Crippen LogP contribution in [0.4, 0.5) is 17.3 Å². The minimum atomic E-state index is -0.0585. The van der Waals surface area contributed by atoms with Gasteiger partial charge < -0.3 is 15.1 Å². The number of hydrogen-bond donors (Lipinski definition) is 1. The summed E-state index contributed by atoms with van der Waals surface area (Å²) in [5.41, 5.74) is 3.34. The van der Waals surface area contributed by atoms with E-state index in [-0.39, 0.29) is 11.6 Å². The summed E-state index contributed by atoms with van der Waals surface area (Å²) in [4.78, 5) is 37.3. The van der Waals surface area contributed by atoms with Crippen LogP contribution in [0, 0.1) is 0 Å². The Labute approximate surface area is 187 Å². The average Bonchev–Trinajstić information content (AvgIpc) is 3.04. The molecule has 0 atom stereocenters. The van der Waals surface area contributed by atoms with Gasteiger partial charge in [-0.2, -0.15) is 4.98 Å². The molecule has 1 aliphatic rings. The molecule has 9 nitrogen and oxygen atoms in total. The number of aryl methyl sites for hydroxylation is 2. The zero-order chi connectivity index (χ0) is 22.7. The molecule has 0 aliphatic carbocycles. The van der Waals surface area contributed by atoms with Gasteiger partial charge in [0.1, 0.15) is 5.52 Å². The molecular formula is C23H31N7O2. The number of rotatable bonds is 7. The lowest BCUT2D eigenvalue weighted by atomic mass is 10.2. The van der Waals surface area contributed by atoms with E-state index >= 15 is 0 Å². The SMILES string of the molecule is CCCCCn1c(=O)n(C)c2cnc(Nc3ccc(N4CCN(C(C)=O)CC4)cc3)nc21. The number of aromatic nitrogens is 4. The van der Waals surface area contributed by atoms with Gasteiger partial charge >= 0.3 is 5.69 Å². The normalized spacial score (nSPS) is 14.2. The van der Waals surface area contributed by atoms with Crippen LogP contribution in [-0.2, 0) is 18.4 Å². The third-order valence-electron chi connectivity index (χ3n) is 6.08. The Bertz CT molecular complexity index is 1140. The number of nitrogens with zero attached hydrogens (tertiary/aromatic N) is 6. The van der Waals surface area contributed by atoms with Gasteiger partial charge in [-0.1, -0.05) is 19.8 Å². The Kier molecular flexibility index (Phi) is 6.43. The average molecular weight is 438 g/mol. The minimum Gasteiger partial charge on any atom is -0.368 e. The van der Waals surface area contributed by atoms with Crippen LogP contribution < -0.4 is 15.9 Å². The van der Waals surface area contributed by atoms with Crippen molar-refractivity contribution in [2.75, 3.05) is 36.4 Å². The molecule has 0 unspecified atom stereocenters. The number of nitrogens with one attached hydrogen (secondary N) is 1. The molecular weight excluding hydrogens is 406 g/mol. The van der Waals surface area contributed by atoms with Gasteiger partial charge in [-0.25, -0.2) is 9.78 Å². The van der Waals surface area contributed by atoms with Gasteiger partial charge in [-0.15, -0.1) is 0 Å². The van der Waals surface area contributed by atoms with Crippen molar-refractivity contribution in [2.24, 2.45) is 7.05 Å². The van der Waals surface area contributed by atoms with Crippen molar-refractivity contribution in [3.05, 3.63) is 40.9 Å². The maximum atomic E-state index is 12.6. The quantitative estimate of drug-likeness (QED) is 0.572. The Morgan fingerprint density at radius 3 is 2.47 bits per heavy atom. The van der Waals surface area contributed by atoms with Crippen molar-refractivity contribution in [1.82, 2.24) is 24.0 Å². The number of anilines is 3. The predicted molar refractivity (Wildman–Crippen MR) is 126 cm³/mol. The van der Waals surface area contributed by atoms with E-state index in [9.17, 15) is 9.59 Å². The largest absolute Gasteiger partial charge is 0.368 e. The standard InChI is InChI=1S/C23H31N7O2/c1-4-5-6-11-30-21-20(27(3)23(30)32)16-24-22(26-21)25-18-7-9-19(10-8-18)29-14-12-28(13-15-29)17(2)31/h7-10,16H,4-6,11-15H2,1-3H3,(H,24,25,26). The number of benzene rings is 1. The van der Waals surface area contributed by atoms with Crippen LogP contribution in [0.3, 0.4) is 0 Å².